The molecule has 0 saturated heterocycles. The normalized spacial score (nSPS) is 19.4. The lowest BCUT2D eigenvalue weighted by atomic mass is 9.87. The van der Waals surface area contributed by atoms with E-state index >= 15 is 0 Å². The molecular weight excluding hydrogens is 378 g/mol. The molecule has 1 aliphatic rings. The van der Waals surface area contributed by atoms with Gasteiger partial charge in [-0.15, -0.1) is 0 Å². The highest BCUT2D eigenvalue weighted by atomic mass is 19.3. The van der Waals surface area contributed by atoms with Crippen molar-refractivity contribution >= 4 is 28.8 Å². The van der Waals surface area contributed by atoms with E-state index < -0.39 is 12.3 Å². The number of aromatic nitrogens is 3. The molecule has 150 valence electrons. The summed E-state index contributed by atoms with van der Waals surface area (Å²) in [6.45, 7) is 0. The number of pyridine rings is 1. The van der Waals surface area contributed by atoms with Crippen LogP contribution >= 0.6 is 0 Å². The van der Waals surface area contributed by atoms with E-state index in [0.717, 1.165) is 32.0 Å². The minimum Gasteiger partial charge on any atom is -0.320 e. The van der Waals surface area contributed by atoms with Gasteiger partial charge in [0, 0.05) is 29.3 Å². The zero-order chi connectivity index (χ0) is 20.4. The number of amides is 1. The molecule has 0 radical (unpaired) electrons. The predicted molar refractivity (Wildman–Crippen MR) is 104 cm³/mol. The van der Waals surface area contributed by atoms with Crippen LogP contribution < -0.4 is 5.32 Å². The van der Waals surface area contributed by atoms with Crippen LogP contribution in [0.3, 0.4) is 0 Å². The number of halogens is 2. The lowest BCUT2D eigenvalue weighted by molar-refractivity contribution is -0.112. The summed E-state index contributed by atoms with van der Waals surface area (Å²) in [5.74, 6) is -0.457. The first-order chi connectivity index (χ1) is 14.0. The van der Waals surface area contributed by atoms with Crippen molar-refractivity contribution < 1.29 is 18.4 Å². The highest BCUT2D eigenvalue weighted by Gasteiger charge is 2.24. The van der Waals surface area contributed by atoms with E-state index in [4.69, 9.17) is 0 Å². The molecule has 1 N–H and O–H groups in total. The van der Waals surface area contributed by atoms with Gasteiger partial charge in [0.05, 0.1) is 17.2 Å². The third kappa shape index (κ3) is 4.01. The third-order valence-electron chi connectivity index (χ3n) is 5.38. The van der Waals surface area contributed by atoms with E-state index in [-0.39, 0.29) is 28.9 Å². The number of nitrogens with one attached hydrogen (secondary N) is 1. The molecule has 1 amide bonds. The molecule has 29 heavy (non-hydrogen) atoms. The van der Waals surface area contributed by atoms with Gasteiger partial charge < -0.3 is 10.1 Å². The number of alkyl halides is 2. The van der Waals surface area contributed by atoms with Crippen molar-refractivity contribution in [2.45, 2.75) is 38.2 Å². The summed E-state index contributed by atoms with van der Waals surface area (Å²) in [5, 5.41) is 7.69. The van der Waals surface area contributed by atoms with E-state index in [1.807, 2.05) is 6.20 Å². The van der Waals surface area contributed by atoms with Crippen LogP contribution in [-0.4, -0.2) is 27.0 Å². The highest BCUT2D eigenvalue weighted by molar-refractivity contribution is 6.04. The molecule has 3 aromatic rings. The quantitative estimate of drug-likeness (QED) is 0.640. The number of hydrogen-bond acceptors (Lipinski definition) is 4. The van der Waals surface area contributed by atoms with Crippen molar-refractivity contribution in [1.29, 1.82) is 0 Å². The van der Waals surface area contributed by atoms with E-state index in [1.165, 1.54) is 24.4 Å². The first kappa shape index (κ1) is 19.2. The summed E-state index contributed by atoms with van der Waals surface area (Å²) in [5.41, 5.74) is 0.369. The van der Waals surface area contributed by atoms with Gasteiger partial charge in [-0.2, -0.15) is 5.10 Å². The number of hydrogen-bond donors (Lipinski definition) is 1. The molecule has 1 aromatic carbocycles. The summed E-state index contributed by atoms with van der Waals surface area (Å²) in [6.07, 6.45) is 4.77. The maximum absolute atomic E-state index is 13.6. The van der Waals surface area contributed by atoms with Gasteiger partial charge in [0.1, 0.15) is 12.0 Å². The van der Waals surface area contributed by atoms with Gasteiger partial charge in [-0.3, -0.25) is 14.5 Å². The van der Waals surface area contributed by atoms with Gasteiger partial charge in [-0.05, 0) is 49.9 Å². The molecular formula is C21H20F2N4O2. The monoisotopic (exact) mass is 398 g/mol. The van der Waals surface area contributed by atoms with Crippen molar-refractivity contribution in [1.82, 2.24) is 14.8 Å². The van der Waals surface area contributed by atoms with Gasteiger partial charge >= 0.3 is 0 Å². The summed E-state index contributed by atoms with van der Waals surface area (Å²) in [4.78, 5) is 27.3. The third-order valence-corrected chi connectivity index (χ3v) is 5.38. The molecule has 2 heterocycles. The minimum atomic E-state index is -2.76. The van der Waals surface area contributed by atoms with E-state index in [9.17, 15) is 18.4 Å². The van der Waals surface area contributed by atoms with Gasteiger partial charge in [0.25, 0.3) is 12.3 Å². The van der Waals surface area contributed by atoms with Crippen molar-refractivity contribution in [2.75, 3.05) is 5.32 Å². The van der Waals surface area contributed by atoms with Crippen molar-refractivity contribution in [3.63, 3.8) is 0 Å². The zero-order valence-electron chi connectivity index (χ0n) is 15.6. The Labute approximate surface area is 165 Å². The van der Waals surface area contributed by atoms with Crippen molar-refractivity contribution in [2.24, 2.45) is 5.92 Å². The fourth-order valence-electron chi connectivity index (χ4n) is 3.77. The molecule has 4 rings (SSSR count). The predicted octanol–water partition coefficient (Wildman–Crippen LogP) is 4.55. The van der Waals surface area contributed by atoms with Gasteiger partial charge in [-0.25, -0.2) is 8.78 Å². The van der Waals surface area contributed by atoms with Crippen LogP contribution in [0, 0.1) is 5.92 Å². The Hall–Kier alpha value is -3.16. The molecule has 0 atom stereocenters. The minimum absolute atomic E-state index is 0.0485. The average Bonchev–Trinajstić information content (AvgIpc) is 3.16. The molecule has 1 fully saturated rings. The SMILES string of the molecule is O=CC1CCC(n2cc3cc(NC(=O)c4ccccn4)c(C(F)F)cc3n2)CC1. The Morgan fingerprint density at radius 3 is 2.66 bits per heavy atom. The number of benzene rings is 1. The van der Waals surface area contributed by atoms with E-state index in [2.05, 4.69) is 15.4 Å². The fourth-order valence-corrected chi connectivity index (χ4v) is 3.77. The van der Waals surface area contributed by atoms with Gasteiger partial charge in [-0.1, -0.05) is 6.07 Å². The second-order valence-corrected chi connectivity index (χ2v) is 7.28. The van der Waals surface area contributed by atoms with Gasteiger partial charge in [0.15, 0.2) is 0 Å². The summed E-state index contributed by atoms with van der Waals surface area (Å²) in [6, 6.07) is 7.83. The first-order valence-electron chi connectivity index (χ1n) is 9.54. The Morgan fingerprint density at radius 2 is 2.00 bits per heavy atom. The molecule has 0 spiro atoms. The standard InChI is InChI=1S/C21H20F2N4O2/c22-20(23)16-10-18-14(9-19(16)25-21(29)17-3-1-2-8-24-17)11-27(26-18)15-6-4-13(12-28)5-7-15/h1-3,8-13,15,20H,4-7H2,(H,25,29). The maximum Gasteiger partial charge on any atom is 0.274 e. The number of aldehydes is 1. The highest BCUT2D eigenvalue weighted by Crippen LogP contribution is 2.35. The second-order valence-electron chi connectivity index (χ2n) is 7.28. The number of nitrogens with zero attached hydrogens (tertiary/aromatic N) is 3. The lowest BCUT2D eigenvalue weighted by Gasteiger charge is -2.25. The molecule has 0 unspecified atom stereocenters. The second kappa shape index (κ2) is 8.06. The fraction of sp³-hybridized carbons (Fsp3) is 0.333. The topological polar surface area (TPSA) is 76.9 Å². The van der Waals surface area contributed by atoms with Crippen LogP contribution in [0.1, 0.15) is 54.2 Å². The smallest absolute Gasteiger partial charge is 0.274 e. The summed E-state index contributed by atoms with van der Waals surface area (Å²) in [7, 11) is 0. The summed E-state index contributed by atoms with van der Waals surface area (Å²) < 4.78 is 29.0. The molecule has 8 heteroatoms. The Kier molecular flexibility index (Phi) is 5.33. The van der Waals surface area contributed by atoms with Crippen LogP contribution in [-0.2, 0) is 4.79 Å². The Balaban J connectivity index is 1.63. The first-order valence-corrected chi connectivity index (χ1v) is 9.54. The lowest BCUT2D eigenvalue weighted by Crippen LogP contribution is -2.19. The average molecular weight is 398 g/mol. The molecule has 0 bridgehead atoms. The van der Waals surface area contributed by atoms with Crippen LogP contribution in [0.25, 0.3) is 10.9 Å². The molecule has 1 aliphatic carbocycles. The summed E-state index contributed by atoms with van der Waals surface area (Å²) >= 11 is 0. The largest absolute Gasteiger partial charge is 0.320 e. The molecule has 0 aliphatic heterocycles. The molecule has 2 aromatic heterocycles. The number of rotatable bonds is 5. The van der Waals surface area contributed by atoms with Crippen LogP contribution in [0.5, 0.6) is 0 Å². The Morgan fingerprint density at radius 1 is 1.21 bits per heavy atom. The van der Waals surface area contributed by atoms with Crippen molar-refractivity contribution in [3.8, 4) is 0 Å². The van der Waals surface area contributed by atoms with Crippen LogP contribution in [0.2, 0.25) is 0 Å². The number of carbonyl (C=O) groups is 2. The Bertz CT molecular complexity index is 1030. The van der Waals surface area contributed by atoms with Crippen molar-refractivity contribution in [3.05, 3.63) is 54.0 Å². The van der Waals surface area contributed by atoms with Crippen LogP contribution in [0.4, 0.5) is 14.5 Å². The molecule has 1 saturated carbocycles. The zero-order valence-corrected chi connectivity index (χ0v) is 15.6. The van der Waals surface area contributed by atoms with Crippen LogP contribution in [0.15, 0.2) is 42.7 Å². The van der Waals surface area contributed by atoms with E-state index in [0.29, 0.717) is 10.9 Å². The maximum atomic E-state index is 13.6. The number of carbonyl (C=O) groups excluding carboxylic acids is 2. The molecule has 6 nitrogen and oxygen atoms in total. The number of anilines is 1. The van der Waals surface area contributed by atoms with E-state index in [1.54, 1.807) is 16.8 Å². The van der Waals surface area contributed by atoms with Gasteiger partial charge in [0.2, 0.25) is 0 Å². The number of fused-ring (bicyclic) bond motifs is 1.